The number of carbonyl (C=O) groups excluding carboxylic acids is 1. The minimum absolute atomic E-state index is 0.110. The van der Waals surface area contributed by atoms with Gasteiger partial charge in [0.05, 0.1) is 17.7 Å². The molecule has 3 N–H and O–H groups in total. The van der Waals surface area contributed by atoms with E-state index in [1.807, 2.05) is 0 Å². The molecule has 5 nitrogen and oxygen atoms in total. The van der Waals surface area contributed by atoms with Crippen molar-refractivity contribution in [3.63, 3.8) is 0 Å². The van der Waals surface area contributed by atoms with Gasteiger partial charge in [-0.3, -0.25) is 4.79 Å². The van der Waals surface area contributed by atoms with Gasteiger partial charge in [-0.15, -0.1) is 0 Å². The average molecular weight is 370 g/mol. The van der Waals surface area contributed by atoms with E-state index in [0.29, 0.717) is 22.9 Å². The van der Waals surface area contributed by atoms with Crippen LogP contribution in [0.3, 0.4) is 0 Å². The topological polar surface area (TPSA) is 66.2 Å². The molecule has 0 aliphatic carbocycles. The number of aromatic amines is 1. The number of methoxy groups -OCH3 is 1. The quantitative estimate of drug-likeness (QED) is 0.661. The smallest absolute Gasteiger partial charge is 0.253 e. The molecular weight excluding hydrogens is 350 g/mol. The SMILES string of the molecule is COc1cc2c(C(=O)NCC3Cc4ccccc4CN3)c[nH]c2cc1Cl. The monoisotopic (exact) mass is 369 g/mol. The predicted octanol–water partition coefficient (Wildman–Crippen LogP) is 3.27. The zero-order chi connectivity index (χ0) is 18.1. The molecule has 1 atom stereocenters. The molecule has 2 heterocycles. The fourth-order valence-corrected chi connectivity index (χ4v) is 3.68. The second-order valence-electron chi connectivity index (χ2n) is 6.50. The number of carbonyl (C=O) groups is 1. The molecule has 3 aromatic rings. The molecule has 0 saturated heterocycles. The Labute approximate surface area is 156 Å². The van der Waals surface area contributed by atoms with E-state index in [-0.39, 0.29) is 11.9 Å². The lowest BCUT2D eigenvalue weighted by molar-refractivity contribution is 0.0950. The van der Waals surface area contributed by atoms with E-state index in [1.165, 1.54) is 11.1 Å². The van der Waals surface area contributed by atoms with Crippen molar-refractivity contribution < 1.29 is 9.53 Å². The van der Waals surface area contributed by atoms with Crippen molar-refractivity contribution in [3.8, 4) is 5.75 Å². The van der Waals surface area contributed by atoms with Gasteiger partial charge in [0.2, 0.25) is 0 Å². The van der Waals surface area contributed by atoms with Gasteiger partial charge in [-0.25, -0.2) is 0 Å². The lowest BCUT2D eigenvalue weighted by Crippen LogP contribution is -2.44. The Hall–Kier alpha value is -2.50. The molecule has 0 fully saturated rings. The number of hydrogen-bond acceptors (Lipinski definition) is 3. The first-order valence-electron chi connectivity index (χ1n) is 8.58. The van der Waals surface area contributed by atoms with Crippen LogP contribution in [0, 0.1) is 0 Å². The van der Waals surface area contributed by atoms with Crippen molar-refractivity contribution in [1.29, 1.82) is 0 Å². The fraction of sp³-hybridized carbons (Fsp3) is 0.250. The molecule has 6 heteroatoms. The predicted molar refractivity (Wildman–Crippen MR) is 103 cm³/mol. The lowest BCUT2D eigenvalue weighted by atomic mass is 9.96. The van der Waals surface area contributed by atoms with Gasteiger partial charge < -0.3 is 20.4 Å². The van der Waals surface area contributed by atoms with E-state index in [4.69, 9.17) is 16.3 Å². The first kappa shape index (κ1) is 16.9. The Morgan fingerprint density at radius 2 is 2.12 bits per heavy atom. The van der Waals surface area contributed by atoms with E-state index in [0.717, 1.165) is 23.9 Å². The van der Waals surface area contributed by atoms with Gasteiger partial charge in [0.1, 0.15) is 5.75 Å². The van der Waals surface area contributed by atoms with Crippen molar-refractivity contribution in [3.05, 3.63) is 64.3 Å². The van der Waals surface area contributed by atoms with E-state index in [2.05, 4.69) is 39.9 Å². The summed E-state index contributed by atoms with van der Waals surface area (Å²) < 4.78 is 5.26. The third-order valence-corrected chi connectivity index (χ3v) is 5.17. The van der Waals surface area contributed by atoms with Crippen LogP contribution < -0.4 is 15.4 Å². The number of amides is 1. The Morgan fingerprint density at radius 3 is 2.92 bits per heavy atom. The minimum atomic E-state index is -0.110. The van der Waals surface area contributed by atoms with Crippen molar-refractivity contribution >= 4 is 28.4 Å². The van der Waals surface area contributed by atoms with E-state index < -0.39 is 0 Å². The molecule has 0 saturated carbocycles. The molecule has 1 aliphatic heterocycles. The maximum Gasteiger partial charge on any atom is 0.253 e. The summed E-state index contributed by atoms with van der Waals surface area (Å²) in [5.41, 5.74) is 4.07. The van der Waals surface area contributed by atoms with E-state index >= 15 is 0 Å². The first-order chi connectivity index (χ1) is 12.7. The summed E-state index contributed by atoms with van der Waals surface area (Å²) in [5.74, 6) is 0.444. The molecule has 134 valence electrons. The molecule has 1 aliphatic rings. The number of nitrogens with one attached hydrogen (secondary N) is 3. The van der Waals surface area contributed by atoms with Crippen LogP contribution in [-0.2, 0) is 13.0 Å². The summed E-state index contributed by atoms with van der Waals surface area (Å²) in [7, 11) is 1.56. The van der Waals surface area contributed by atoms with Gasteiger partial charge in [-0.1, -0.05) is 35.9 Å². The van der Waals surface area contributed by atoms with Crippen LogP contribution in [0.15, 0.2) is 42.6 Å². The normalized spacial score (nSPS) is 16.3. The zero-order valence-electron chi connectivity index (χ0n) is 14.4. The lowest BCUT2D eigenvalue weighted by Gasteiger charge is -2.26. The van der Waals surface area contributed by atoms with Gasteiger partial charge in [0, 0.05) is 36.2 Å². The third-order valence-electron chi connectivity index (χ3n) is 4.87. The van der Waals surface area contributed by atoms with Gasteiger partial charge in [-0.05, 0) is 29.7 Å². The molecule has 0 bridgehead atoms. The summed E-state index contributed by atoms with van der Waals surface area (Å²) in [5, 5.41) is 7.82. The van der Waals surface area contributed by atoms with Gasteiger partial charge in [0.25, 0.3) is 5.91 Å². The van der Waals surface area contributed by atoms with Crippen LogP contribution in [0.5, 0.6) is 5.75 Å². The molecule has 26 heavy (non-hydrogen) atoms. The summed E-state index contributed by atoms with van der Waals surface area (Å²) in [6.45, 7) is 1.41. The first-order valence-corrected chi connectivity index (χ1v) is 8.96. The number of halogens is 1. The number of H-pyrrole nitrogens is 1. The molecule has 0 radical (unpaired) electrons. The van der Waals surface area contributed by atoms with E-state index in [9.17, 15) is 4.79 Å². The highest BCUT2D eigenvalue weighted by molar-refractivity contribution is 6.33. The second-order valence-corrected chi connectivity index (χ2v) is 6.90. The third kappa shape index (κ3) is 3.16. The highest BCUT2D eigenvalue weighted by Crippen LogP contribution is 2.31. The van der Waals surface area contributed by atoms with Crippen LogP contribution >= 0.6 is 11.6 Å². The highest BCUT2D eigenvalue weighted by Gasteiger charge is 2.20. The van der Waals surface area contributed by atoms with E-state index in [1.54, 1.807) is 25.4 Å². The van der Waals surface area contributed by atoms with Crippen LogP contribution in [0.4, 0.5) is 0 Å². The fourth-order valence-electron chi connectivity index (χ4n) is 3.44. The Balaban J connectivity index is 1.47. The highest BCUT2D eigenvalue weighted by atomic mass is 35.5. The maximum absolute atomic E-state index is 12.7. The Morgan fingerprint density at radius 1 is 1.31 bits per heavy atom. The molecule has 1 amide bonds. The average Bonchev–Trinajstić information content (AvgIpc) is 3.07. The van der Waals surface area contributed by atoms with Crippen LogP contribution in [0.25, 0.3) is 10.9 Å². The summed E-state index contributed by atoms with van der Waals surface area (Å²) in [6.07, 6.45) is 2.62. The molecule has 1 aromatic heterocycles. The van der Waals surface area contributed by atoms with Crippen LogP contribution in [0.2, 0.25) is 5.02 Å². The van der Waals surface area contributed by atoms with Gasteiger partial charge in [-0.2, -0.15) is 0 Å². The summed E-state index contributed by atoms with van der Waals surface area (Å²) in [6, 6.07) is 12.2. The Kier molecular flexibility index (Phi) is 4.57. The molecular formula is C20H20ClN3O2. The van der Waals surface area contributed by atoms with Crippen molar-refractivity contribution in [2.75, 3.05) is 13.7 Å². The van der Waals surface area contributed by atoms with Gasteiger partial charge in [0.15, 0.2) is 0 Å². The van der Waals surface area contributed by atoms with Gasteiger partial charge >= 0.3 is 0 Å². The number of rotatable bonds is 4. The molecule has 4 rings (SSSR count). The van der Waals surface area contributed by atoms with Crippen molar-refractivity contribution in [1.82, 2.24) is 15.6 Å². The zero-order valence-corrected chi connectivity index (χ0v) is 15.2. The largest absolute Gasteiger partial charge is 0.495 e. The van der Waals surface area contributed by atoms with Crippen molar-refractivity contribution in [2.24, 2.45) is 0 Å². The number of benzene rings is 2. The van der Waals surface area contributed by atoms with Crippen LogP contribution in [0.1, 0.15) is 21.5 Å². The Bertz CT molecular complexity index is 967. The minimum Gasteiger partial charge on any atom is -0.495 e. The number of fused-ring (bicyclic) bond motifs is 2. The number of aromatic nitrogens is 1. The summed E-state index contributed by atoms with van der Waals surface area (Å²) >= 11 is 6.14. The second kappa shape index (κ2) is 7.02. The standard InChI is InChI=1S/C20H20ClN3O2/c1-26-19-7-15-16(11-23-18(15)8-17(19)21)20(25)24-10-14-6-12-4-2-3-5-13(12)9-22-14/h2-5,7-8,11,14,22-23H,6,9-10H2,1H3,(H,24,25). The number of ether oxygens (including phenoxy) is 1. The maximum atomic E-state index is 12.7. The summed E-state index contributed by atoms with van der Waals surface area (Å²) in [4.78, 5) is 15.8. The number of hydrogen-bond donors (Lipinski definition) is 3. The molecule has 0 spiro atoms. The van der Waals surface area contributed by atoms with Crippen molar-refractivity contribution in [2.45, 2.75) is 19.0 Å². The van der Waals surface area contributed by atoms with Crippen LogP contribution in [-0.4, -0.2) is 30.6 Å². The molecule has 1 unspecified atom stereocenters. The molecule has 2 aromatic carbocycles.